The minimum atomic E-state index is -2.89. The monoisotopic (exact) mass is 290 g/mol. The first-order valence-corrected chi connectivity index (χ1v) is 7.64. The first-order valence-electron chi connectivity index (χ1n) is 5.03. The third-order valence-corrected chi connectivity index (χ3v) is 5.33. The zero-order valence-electron chi connectivity index (χ0n) is 8.11. The number of halogens is 1. The molecule has 1 aliphatic heterocycles. The molecule has 0 bridgehead atoms. The van der Waals surface area contributed by atoms with Crippen LogP contribution in [0.1, 0.15) is 30.1 Å². The fourth-order valence-corrected chi connectivity index (χ4v) is 4.26. The number of hydrogen-bond donors (Lipinski definition) is 0. The fraction of sp³-hybridized carbons (Fsp3) is 0.667. The van der Waals surface area contributed by atoms with Gasteiger partial charge in [-0.15, -0.1) is 0 Å². The van der Waals surface area contributed by atoms with Gasteiger partial charge in [0.25, 0.3) is 0 Å². The predicted molar refractivity (Wildman–Crippen MR) is 59.4 cm³/mol. The molecule has 3 rings (SSSR count). The first-order chi connectivity index (χ1) is 7.07. The average molecular weight is 291 g/mol. The van der Waals surface area contributed by atoms with E-state index in [0.29, 0.717) is 12.5 Å². The topological polar surface area (TPSA) is 52.0 Å². The molecule has 6 heteroatoms. The Morgan fingerprint density at radius 1 is 1.40 bits per heavy atom. The fourth-order valence-electron chi connectivity index (χ4n) is 1.94. The molecule has 0 aromatic carbocycles. The number of nitrogens with zero attached hydrogens (tertiary/aromatic N) is 2. The van der Waals surface area contributed by atoms with Crippen LogP contribution in [0.25, 0.3) is 0 Å². The van der Waals surface area contributed by atoms with E-state index in [0.717, 1.165) is 28.7 Å². The second kappa shape index (κ2) is 3.07. The molecule has 0 spiro atoms. The second-order valence-electron chi connectivity index (χ2n) is 4.23. The molecule has 1 aromatic heterocycles. The number of fused-ring (bicyclic) bond motifs is 1. The van der Waals surface area contributed by atoms with E-state index >= 15 is 0 Å². The van der Waals surface area contributed by atoms with Crippen LogP contribution < -0.4 is 0 Å². The lowest BCUT2D eigenvalue weighted by atomic mass is 10.2. The zero-order valence-corrected chi connectivity index (χ0v) is 10.5. The Bertz CT molecular complexity index is 516. The van der Waals surface area contributed by atoms with Crippen molar-refractivity contribution in [2.45, 2.75) is 31.1 Å². The summed E-state index contributed by atoms with van der Waals surface area (Å²) in [7, 11) is -2.89. The summed E-state index contributed by atoms with van der Waals surface area (Å²) in [5.74, 6) is 0.393. The van der Waals surface area contributed by atoms with Gasteiger partial charge in [-0.05, 0) is 28.8 Å². The van der Waals surface area contributed by atoms with Crippen LogP contribution >= 0.6 is 15.9 Å². The van der Waals surface area contributed by atoms with Crippen LogP contribution in [0.4, 0.5) is 0 Å². The molecule has 0 amide bonds. The molecule has 82 valence electrons. The van der Waals surface area contributed by atoms with Crippen molar-refractivity contribution in [1.82, 2.24) is 9.78 Å². The highest BCUT2D eigenvalue weighted by Gasteiger charge is 2.32. The molecule has 4 nitrogen and oxygen atoms in total. The van der Waals surface area contributed by atoms with E-state index in [1.165, 1.54) is 0 Å². The van der Waals surface area contributed by atoms with Crippen LogP contribution in [0.15, 0.2) is 4.60 Å². The molecule has 15 heavy (non-hydrogen) atoms. The normalized spacial score (nSPS) is 23.8. The number of aromatic nitrogens is 2. The van der Waals surface area contributed by atoms with E-state index in [1.54, 1.807) is 0 Å². The zero-order chi connectivity index (χ0) is 10.6. The molecule has 1 saturated carbocycles. The Balaban J connectivity index is 2.09. The molecule has 0 N–H and O–H groups in total. The molecule has 1 aliphatic carbocycles. The standard InChI is InChI=1S/C9H11BrN2O2S/c10-9-7-5-15(13,14)4-3-8(7)11-12(9)6-1-2-6/h6H,1-5H2. The average Bonchev–Trinajstić information content (AvgIpc) is 2.94. The summed E-state index contributed by atoms with van der Waals surface area (Å²) in [6, 6.07) is 0.493. The van der Waals surface area contributed by atoms with Crippen molar-refractivity contribution in [2.24, 2.45) is 0 Å². The second-order valence-corrected chi connectivity index (χ2v) is 7.17. The molecule has 1 aromatic rings. The Kier molecular flexibility index (Phi) is 2.01. The number of aryl methyl sites for hydroxylation is 1. The van der Waals surface area contributed by atoms with Gasteiger partial charge in [0.1, 0.15) is 4.60 Å². The van der Waals surface area contributed by atoms with Crippen LogP contribution in [-0.4, -0.2) is 24.0 Å². The van der Waals surface area contributed by atoms with Gasteiger partial charge in [-0.1, -0.05) is 0 Å². The maximum Gasteiger partial charge on any atom is 0.155 e. The maximum atomic E-state index is 11.5. The summed E-state index contributed by atoms with van der Waals surface area (Å²) < 4.78 is 25.8. The number of rotatable bonds is 1. The lowest BCUT2D eigenvalue weighted by molar-refractivity contribution is 0.590. The molecular weight excluding hydrogens is 280 g/mol. The van der Waals surface area contributed by atoms with Crippen LogP contribution in [0, 0.1) is 0 Å². The summed E-state index contributed by atoms with van der Waals surface area (Å²) in [5.41, 5.74) is 1.84. The minimum Gasteiger partial charge on any atom is -0.255 e. The predicted octanol–water partition coefficient (Wildman–Crippen LogP) is 1.45. The van der Waals surface area contributed by atoms with E-state index in [4.69, 9.17) is 0 Å². The van der Waals surface area contributed by atoms with Gasteiger partial charge in [-0.25, -0.2) is 8.42 Å². The van der Waals surface area contributed by atoms with Gasteiger partial charge in [0.2, 0.25) is 0 Å². The Labute approximate surface area is 96.7 Å². The molecule has 1 fully saturated rings. The SMILES string of the molecule is O=S1(=O)CCc2nn(C3CC3)c(Br)c2C1. The van der Waals surface area contributed by atoms with Crippen molar-refractivity contribution in [1.29, 1.82) is 0 Å². The van der Waals surface area contributed by atoms with Gasteiger partial charge < -0.3 is 0 Å². The molecule has 2 heterocycles. The molecule has 0 unspecified atom stereocenters. The number of sulfone groups is 1. The lowest BCUT2D eigenvalue weighted by Gasteiger charge is -2.10. The highest BCUT2D eigenvalue weighted by molar-refractivity contribution is 9.10. The van der Waals surface area contributed by atoms with Crippen molar-refractivity contribution >= 4 is 25.8 Å². The largest absolute Gasteiger partial charge is 0.255 e. The van der Waals surface area contributed by atoms with Gasteiger partial charge in [0, 0.05) is 12.0 Å². The highest BCUT2D eigenvalue weighted by atomic mass is 79.9. The summed E-state index contributed by atoms with van der Waals surface area (Å²) in [6.07, 6.45) is 2.88. The van der Waals surface area contributed by atoms with Crippen molar-refractivity contribution in [3.8, 4) is 0 Å². The Hall–Kier alpha value is -0.360. The van der Waals surface area contributed by atoms with Crippen LogP contribution in [0.2, 0.25) is 0 Å². The summed E-state index contributed by atoms with van der Waals surface area (Å²) in [5, 5.41) is 4.48. The van der Waals surface area contributed by atoms with Gasteiger partial charge >= 0.3 is 0 Å². The van der Waals surface area contributed by atoms with E-state index in [2.05, 4.69) is 21.0 Å². The van der Waals surface area contributed by atoms with Gasteiger partial charge in [0.15, 0.2) is 9.84 Å². The number of hydrogen-bond acceptors (Lipinski definition) is 3. The van der Waals surface area contributed by atoms with E-state index in [1.807, 2.05) is 4.68 Å². The van der Waals surface area contributed by atoms with Crippen LogP contribution in [0.3, 0.4) is 0 Å². The summed E-state index contributed by atoms with van der Waals surface area (Å²) in [4.78, 5) is 0. The Morgan fingerprint density at radius 2 is 2.13 bits per heavy atom. The van der Waals surface area contributed by atoms with Crippen molar-refractivity contribution in [2.75, 3.05) is 5.75 Å². The lowest BCUT2D eigenvalue weighted by Crippen LogP contribution is -2.18. The quantitative estimate of drug-likeness (QED) is 0.787. The molecule has 0 atom stereocenters. The van der Waals surface area contributed by atoms with Crippen molar-refractivity contribution in [3.63, 3.8) is 0 Å². The van der Waals surface area contributed by atoms with Gasteiger partial charge in [0.05, 0.1) is 23.2 Å². The van der Waals surface area contributed by atoms with E-state index in [-0.39, 0.29) is 11.5 Å². The minimum absolute atomic E-state index is 0.148. The maximum absolute atomic E-state index is 11.5. The van der Waals surface area contributed by atoms with Crippen molar-refractivity contribution < 1.29 is 8.42 Å². The van der Waals surface area contributed by atoms with Gasteiger partial charge in [-0.2, -0.15) is 5.10 Å². The summed E-state index contributed by atoms with van der Waals surface area (Å²) in [6.45, 7) is 0. The third kappa shape index (κ3) is 1.63. The van der Waals surface area contributed by atoms with E-state index in [9.17, 15) is 8.42 Å². The third-order valence-electron chi connectivity index (χ3n) is 2.93. The highest BCUT2D eigenvalue weighted by Crippen LogP contribution is 2.39. The molecule has 0 radical (unpaired) electrons. The van der Waals surface area contributed by atoms with Crippen LogP contribution in [0.5, 0.6) is 0 Å². The summed E-state index contributed by atoms with van der Waals surface area (Å²) >= 11 is 3.47. The first kappa shape index (κ1) is 9.84. The van der Waals surface area contributed by atoms with Crippen molar-refractivity contribution in [3.05, 3.63) is 15.9 Å². The molecule has 2 aliphatic rings. The smallest absolute Gasteiger partial charge is 0.155 e. The molecule has 0 saturated heterocycles. The van der Waals surface area contributed by atoms with Crippen LogP contribution in [-0.2, 0) is 22.0 Å². The Morgan fingerprint density at radius 3 is 2.80 bits per heavy atom. The van der Waals surface area contributed by atoms with E-state index < -0.39 is 9.84 Å². The van der Waals surface area contributed by atoms with Gasteiger partial charge in [-0.3, -0.25) is 4.68 Å². The molecular formula is C9H11BrN2O2S.